The molecule has 8 bridgehead atoms. The molecule has 0 atom stereocenters. The van der Waals surface area contributed by atoms with E-state index >= 15 is 19.2 Å². The lowest BCUT2D eigenvalue weighted by molar-refractivity contribution is 0.0566. The predicted molar refractivity (Wildman–Crippen MR) is 511 cm³/mol. The van der Waals surface area contributed by atoms with Crippen LogP contribution in [0.2, 0.25) is 0 Å². The Balaban J connectivity index is 0.854. The minimum Gasteiger partial charge on any atom is -0.457 e. The van der Waals surface area contributed by atoms with E-state index in [0.29, 0.717) is 123 Å². The molecule has 10 heteroatoms. The third-order valence-electron chi connectivity index (χ3n) is 34.2. The van der Waals surface area contributed by atoms with Gasteiger partial charge in [-0.2, -0.15) is 0 Å². The number of ether oxygens (including phenoxy) is 4. The lowest BCUT2D eigenvalue weighted by Crippen LogP contribution is -2.42. The van der Waals surface area contributed by atoms with Gasteiger partial charge in [0.1, 0.15) is 46.0 Å². The molecule has 0 N–H and O–H groups in total. The van der Waals surface area contributed by atoms with Gasteiger partial charge in [-0.25, -0.2) is 9.80 Å². The van der Waals surface area contributed by atoms with E-state index in [1.54, 1.807) is 9.80 Å². The Kier molecular flexibility index (Phi) is 20.4. The Hall–Kier alpha value is -9.80. The summed E-state index contributed by atoms with van der Waals surface area (Å²) in [5, 5.41) is 3.96. The maximum absolute atomic E-state index is 17.6. The molecular weight excluding hydrogens is 1550 g/mol. The van der Waals surface area contributed by atoms with E-state index in [9.17, 15) is 0 Å². The van der Waals surface area contributed by atoms with Crippen LogP contribution in [0, 0.1) is 45.3 Å². The van der Waals surface area contributed by atoms with Crippen LogP contribution in [0.25, 0.3) is 43.1 Å². The van der Waals surface area contributed by atoms with Gasteiger partial charge in [-0.3, -0.25) is 19.2 Å². The second-order valence-electron chi connectivity index (χ2n) is 45.9. The van der Waals surface area contributed by atoms with Gasteiger partial charge in [-0.15, -0.1) is 0 Å². The van der Waals surface area contributed by atoms with E-state index in [1.807, 2.05) is 72.8 Å². The summed E-state index contributed by atoms with van der Waals surface area (Å²) < 4.78 is 31.0. The summed E-state index contributed by atoms with van der Waals surface area (Å²) >= 11 is 0. The highest BCUT2D eigenvalue weighted by Crippen LogP contribution is 2.62. The second kappa shape index (κ2) is 31.0. The summed E-state index contributed by atoms with van der Waals surface area (Å²) in [5.41, 5.74) is 11.3. The molecule has 12 saturated carbocycles. The van der Waals surface area contributed by atoms with Gasteiger partial charge in [0.15, 0.2) is 0 Å². The van der Waals surface area contributed by atoms with Crippen LogP contribution in [0.3, 0.4) is 0 Å². The highest BCUT2D eigenvalue weighted by atomic mass is 16.5. The monoisotopic (exact) mass is 1680 g/mol. The zero-order valence-electron chi connectivity index (χ0n) is 77.1. The smallest absolute Gasteiger partial charge is 0.266 e. The molecule has 25 rings (SSSR count). The van der Waals surface area contributed by atoms with Crippen LogP contribution in [-0.2, 0) is 47.3 Å². The predicted octanol–water partition coefficient (Wildman–Crippen LogP) is 31.3. The van der Waals surface area contributed by atoms with E-state index in [4.69, 9.17) is 18.9 Å². The zero-order valence-corrected chi connectivity index (χ0v) is 77.1. The van der Waals surface area contributed by atoms with Crippen molar-refractivity contribution < 1.29 is 38.1 Å². The topological polar surface area (TPSA) is 112 Å². The number of carbonyl (C=O) groups is 4. The van der Waals surface area contributed by atoms with Gasteiger partial charge in [-0.1, -0.05) is 168 Å². The molecular formula is C116H130N2O8. The first-order chi connectivity index (χ1) is 60.3. The van der Waals surface area contributed by atoms with Crippen LogP contribution < -0.4 is 28.7 Å². The number of fused-ring (bicyclic) bond motifs is 14. The summed E-state index contributed by atoms with van der Waals surface area (Å²) in [7, 11) is 0. The number of imide groups is 2. The Morgan fingerprint density at radius 3 is 0.635 bits per heavy atom. The fraction of sp³-hybridized carbons (Fsp3) is 0.483. The van der Waals surface area contributed by atoms with Crippen molar-refractivity contribution >= 4 is 78.1 Å². The van der Waals surface area contributed by atoms with Gasteiger partial charge in [0.2, 0.25) is 0 Å². The quantitative estimate of drug-likeness (QED) is 0.0375. The van der Waals surface area contributed by atoms with Crippen LogP contribution in [0.4, 0.5) is 11.4 Å². The lowest BCUT2D eigenvalue weighted by Gasteiger charge is -2.47. The van der Waals surface area contributed by atoms with Gasteiger partial charge in [-0.05, 0) is 390 Å². The molecule has 14 aliphatic rings. The fourth-order valence-electron chi connectivity index (χ4n) is 26.0. The Labute approximate surface area is 747 Å². The number of hydrogen-bond donors (Lipinski definition) is 0. The molecule has 12 fully saturated rings. The van der Waals surface area contributed by atoms with Gasteiger partial charge < -0.3 is 18.9 Å². The van der Waals surface area contributed by atoms with Crippen LogP contribution in [0.15, 0.2) is 158 Å². The molecule has 12 aliphatic carbocycles. The van der Waals surface area contributed by atoms with E-state index < -0.39 is 23.6 Å². The molecule has 11 aromatic carbocycles. The Bertz CT molecular complexity index is 5350. The van der Waals surface area contributed by atoms with Crippen molar-refractivity contribution in [3.8, 4) is 46.0 Å². The highest BCUT2D eigenvalue weighted by Gasteiger charge is 2.49. The SMILES string of the molecule is CC(C)(C)c1ccc(Oc2cc3c4c(cc(Oc5ccc(C(C)(C)C)cc5)c5c6c(Oc7ccc(C(C)(C)C)cc7)cc7c8c(cc(Oc9ccc(C(C)(C)C)cc9)c(c2c45)c86)C(=O)N(c2c(CCC45CCC(CC4)CC5)cccc2CCC24CCC(CC2)CC4)C7=O)C(=O)N(c2c(CCC45CCC(CC4)CC5)cccc2CCC24CCC(CC2)CC4)C3=O)cc1. The molecule has 2 heterocycles. The first kappa shape index (κ1) is 83.1. The number of amides is 4. The molecule has 0 spiro atoms. The Morgan fingerprint density at radius 2 is 0.452 bits per heavy atom. The number of hydrogen-bond acceptors (Lipinski definition) is 8. The van der Waals surface area contributed by atoms with Crippen molar-refractivity contribution in [1.29, 1.82) is 0 Å². The van der Waals surface area contributed by atoms with Crippen molar-refractivity contribution in [2.45, 2.75) is 310 Å². The summed E-state index contributed by atoms with van der Waals surface area (Å²) in [6.45, 7) is 26.5. The van der Waals surface area contributed by atoms with Crippen LogP contribution in [0.1, 0.15) is 349 Å². The first-order valence-electron chi connectivity index (χ1n) is 48.8. The number of rotatable bonds is 22. The lowest BCUT2D eigenvalue weighted by atomic mass is 9.58. The summed E-state index contributed by atoms with van der Waals surface area (Å²) in [5.74, 6) is 4.88. The van der Waals surface area contributed by atoms with Crippen LogP contribution in [-0.4, -0.2) is 23.6 Å². The number of para-hydroxylation sites is 2. The van der Waals surface area contributed by atoms with Gasteiger partial charge in [0.05, 0.1) is 33.6 Å². The number of carbonyl (C=O) groups excluding carboxylic acids is 4. The molecule has 4 amide bonds. The maximum atomic E-state index is 17.6. The molecule has 126 heavy (non-hydrogen) atoms. The van der Waals surface area contributed by atoms with Crippen molar-refractivity contribution in [2.24, 2.45) is 45.3 Å². The standard InChI is InChI=1S/C116H130N2O8/c1-109(2,3)79-19-27-83(28-20-79)123-91-67-87-95-88(106(120)117(105(87)119)103-75(47-63-113-51-35-71(36-52-113)37-53-113)15-13-16-76(103)48-64-114-54-38-72(39-55-114)40-56-114)69-93(125-85-31-23-81(24-32-85)111(7,8)9)99-100-94(126-86-33-25-82(26-34-86)112(10,11)12)70-90-96-89(68-92(98(102(96)100)97(91)101(95)99)124-84-29-21-80(22-30-84)110(4,5)6)107(121)118(108(90)122)104-77(49-65-115-57-41-73(42-58-115)43-59-115)17-14-18-78(104)50-66-116-60-44-74(45-61-116)46-62-116/h13-34,67-74H,35-66H2,1-12H3. The average Bonchev–Trinajstić information content (AvgIpc) is 0.664. The van der Waals surface area contributed by atoms with Crippen molar-refractivity contribution in [1.82, 2.24) is 0 Å². The van der Waals surface area contributed by atoms with Gasteiger partial charge in [0.25, 0.3) is 23.6 Å². The van der Waals surface area contributed by atoms with Gasteiger partial charge in [0, 0.05) is 43.1 Å². The van der Waals surface area contributed by atoms with E-state index in [0.717, 1.165) is 120 Å². The number of nitrogens with zero attached hydrogens (tertiary/aromatic N) is 2. The molecule has 0 aromatic heterocycles. The summed E-state index contributed by atoms with van der Waals surface area (Å²) in [4.78, 5) is 73.6. The fourth-order valence-corrected chi connectivity index (χ4v) is 26.0. The maximum Gasteiger partial charge on any atom is 0.266 e. The third kappa shape index (κ3) is 14.8. The van der Waals surface area contributed by atoms with Crippen LogP contribution in [0.5, 0.6) is 46.0 Å². The molecule has 0 radical (unpaired) electrons. The van der Waals surface area contributed by atoms with Crippen molar-refractivity contribution in [3.63, 3.8) is 0 Å². The minimum absolute atomic E-state index is 0.197. The van der Waals surface area contributed by atoms with Gasteiger partial charge >= 0.3 is 0 Å². The highest BCUT2D eigenvalue weighted by molar-refractivity contribution is 6.48. The third-order valence-corrected chi connectivity index (χ3v) is 34.2. The summed E-state index contributed by atoms with van der Waals surface area (Å²) in [6.07, 6.45) is 36.7. The minimum atomic E-state index is -0.430. The average molecular weight is 1680 g/mol. The van der Waals surface area contributed by atoms with E-state index in [1.165, 1.54) is 154 Å². The Morgan fingerprint density at radius 1 is 0.262 bits per heavy atom. The number of aryl methyl sites for hydroxylation is 4. The number of benzene rings is 11. The number of anilines is 2. The van der Waals surface area contributed by atoms with E-state index in [2.05, 4.69) is 168 Å². The first-order valence-corrected chi connectivity index (χ1v) is 48.8. The largest absolute Gasteiger partial charge is 0.457 e. The molecule has 11 aromatic rings. The normalized spacial score (nSPS) is 24.6. The molecule has 10 nitrogen and oxygen atoms in total. The molecule has 652 valence electrons. The zero-order chi connectivity index (χ0) is 86.9. The van der Waals surface area contributed by atoms with Crippen molar-refractivity contribution in [3.05, 3.63) is 224 Å². The van der Waals surface area contributed by atoms with Crippen LogP contribution >= 0.6 is 0 Å². The second-order valence-corrected chi connectivity index (χ2v) is 45.9. The van der Waals surface area contributed by atoms with Crippen molar-refractivity contribution in [2.75, 3.05) is 9.80 Å². The molecule has 2 aliphatic heterocycles. The molecule has 0 saturated heterocycles. The summed E-state index contributed by atoms with van der Waals surface area (Å²) in [6, 6.07) is 54.0. The van der Waals surface area contributed by atoms with E-state index in [-0.39, 0.29) is 43.3 Å². The molecule has 0 unspecified atom stereocenters.